The average molecular weight is 425 g/mol. The molecule has 0 aliphatic heterocycles. The number of aromatic nitrogens is 2. The smallest absolute Gasteiger partial charge is 0.222 e. The monoisotopic (exact) mass is 424 g/mol. The number of hydrogen-bond acceptors (Lipinski definition) is 6. The first-order valence-electron chi connectivity index (χ1n) is 7.77. The van der Waals surface area contributed by atoms with Gasteiger partial charge in [0.2, 0.25) is 5.95 Å². The lowest BCUT2D eigenvalue weighted by Crippen LogP contribution is -2.01. The zero-order chi connectivity index (χ0) is 18.1. The minimum absolute atomic E-state index is 0.210. The molecule has 5 nitrogen and oxygen atoms in total. The molecule has 0 unspecified atom stereocenters. The van der Waals surface area contributed by atoms with Crippen molar-refractivity contribution < 1.29 is 4.79 Å². The van der Waals surface area contributed by atoms with Gasteiger partial charge in [-0.3, -0.25) is 4.79 Å². The molecular weight excluding hydrogens is 412 g/mol. The van der Waals surface area contributed by atoms with E-state index in [1.54, 1.807) is 0 Å². The van der Waals surface area contributed by atoms with E-state index in [0.717, 1.165) is 37.8 Å². The Kier molecular flexibility index (Phi) is 4.40. The van der Waals surface area contributed by atoms with E-state index in [1.807, 2.05) is 54.6 Å². The fourth-order valence-electron chi connectivity index (χ4n) is 2.67. The molecule has 2 heterocycles. The Morgan fingerprint density at radius 2 is 1.96 bits per heavy atom. The van der Waals surface area contributed by atoms with Gasteiger partial charge in [0, 0.05) is 20.4 Å². The normalized spacial score (nSPS) is 10.8. The van der Waals surface area contributed by atoms with E-state index >= 15 is 0 Å². The van der Waals surface area contributed by atoms with Gasteiger partial charge in [0.1, 0.15) is 5.82 Å². The van der Waals surface area contributed by atoms with Crippen LogP contribution in [0.25, 0.3) is 21.3 Å². The predicted octanol–water partition coefficient (Wildman–Crippen LogP) is 5.26. The third kappa shape index (κ3) is 3.31. The minimum Gasteiger partial charge on any atom is -0.368 e. The van der Waals surface area contributed by atoms with Crippen molar-refractivity contribution in [1.82, 2.24) is 9.97 Å². The fraction of sp³-hybridized carbons (Fsp3) is 0. The number of rotatable bonds is 4. The summed E-state index contributed by atoms with van der Waals surface area (Å²) in [7, 11) is 0. The molecule has 4 rings (SSSR count). The van der Waals surface area contributed by atoms with Crippen molar-refractivity contribution in [2.75, 3.05) is 11.1 Å². The Morgan fingerprint density at radius 1 is 1.08 bits per heavy atom. The van der Waals surface area contributed by atoms with Crippen LogP contribution in [0.3, 0.4) is 0 Å². The molecule has 2 aromatic carbocycles. The molecule has 3 N–H and O–H groups in total. The van der Waals surface area contributed by atoms with Crippen LogP contribution in [0.15, 0.2) is 59.1 Å². The number of nitrogens with zero attached hydrogens (tertiary/aromatic N) is 2. The van der Waals surface area contributed by atoms with E-state index < -0.39 is 0 Å². The molecule has 0 aliphatic rings. The quantitative estimate of drug-likeness (QED) is 0.436. The summed E-state index contributed by atoms with van der Waals surface area (Å²) in [6.45, 7) is 0. The van der Waals surface area contributed by atoms with E-state index in [4.69, 9.17) is 5.73 Å². The summed E-state index contributed by atoms with van der Waals surface area (Å²) < 4.78 is 0.967. The summed E-state index contributed by atoms with van der Waals surface area (Å²) >= 11 is 4.92. The third-order valence-corrected chi connectivity index (χ3v) is 5.38. The van der Waals surface area contributed by atoms with Crippen LogP contribution in [-0.2, 0) is 0 Å². The lowest BCUT2D eigenvalue weighted by Gasteiger charge is -2.11. The van der Waals surface area contributed by atoms with Crippen LogP contribution >= 0.6 is 27.3 Å². The molecule has 0 atom stereocenters. The van der Waals surface area contributed by atoms with Crippen LogP contribution in [0.4, 0.5) is 17.5 Å². The molecule has 0 bridgehead atoms. The number of nitrogens with two attached hydrogens (primary N) is 1. The maximum Gasteiger partial charge on any atom is 0.222 e. The Balaban J connectivity index is 1.82. The number of halogens is 1. The number of hydrogen-bond donors (Lipinski definition) is 2. The number of nitrogens with one attached hydrogen (secondary N) is 1. The summed E-state index contributed by atoms with van der Waals surface area (Å²) in [6.07, 6.45) is 0.860. The van der Waals surface area contributed by atoms with Gasteiger partial charge in [-0.25, -0.2) is 4.98 Å². The standard InChI is InChI=1S/C19H13BrN4OS/c20-12-2-1-3-13(9-12)22-18-15-8-11(17-7-5-14(10-25)26-17)4-6-16(15)23-19(21)24-18/h1-10H,(H3,21,22,23,24). The number of anilines is 3. The number of thiophene rings is 1. The molecule has 0 amide bonds. The van der Waals surface area contributed by atoms with Gasteiger partial charge < -0.3 is 11.1 Å². The summed E-state index contributed by atoms with van der Waals surface area (Å²) in [5, 5.41) is 4.17. The molecule has 7 heteroatoms. The van der Waals surface area contributed by atoms with Crippen molar-refractivity contribution in [2.45, 2.75) is 0 Å². The van der Waals surface area contributed by atoms with Crippen molar-refractivity contribution in [1.29, 1.82) is 0 Å². The number of aldehydes is 1. The lowest BCUT2D eigenvalue weighted by molar-refractivity contribution is 0.112. The van der Waals surface area contributed by atoms with Gasteiger partial charge in [-0.05, 0) is 48.0 Å². The number of nitrogen functional groups attached to an aromatic ring is 1. The second-order valence-corrected chi connectivity index (χ2v) is 7.65. The summed E-state index contributed by atoms with van der Waals surface area (Å²) in [5.74, 6) is 0.849. The molecule has 0 saturated carbocycles. The van der Waals surface area contributed by atoms with Gasteiger partial charge >= 0.3 is 0 Å². The topological polar surface area (TPSA) is 80.9 Å². The van der Waals surface area contributed by atoms with E-state index in [0.29, 0.717) is 10.7 Å². The average Bonchev–Trinajstić information content (AvgIpc) is 3.10. The fourth-order valence-corrected chi connectivity index (χ4v) is 3.89. The maximum absolute atomic E-state index is 10.9. The van der Waals surface area contributed by atoms with Crippen molar-refractivity contribution >= 4 is 61.9 Å². The number of benzene rings is 2. The minimum atomic E-state index is 0.210. The molecule has 4 aromatic rings. The van der Waals surface area contributed by atoms with Crippen LogP contribution in [-0.4, -0.2) is 16.3 Å². The maximum atomic E-state index is 10.9. The number of carbonyl (C=O) groups excluding carboxylic acids is 1. The molecule has 0 radical (unpaired) electrons. The van der Waals surface area contributed by atoms with E-state index in [2.05, 4.69) is 31.2 Å². The first-order chi connectivity index (χ1) is 12.6. The predicted molar refractivity (Wildman–Crippen MR) is 110 cm³/mol. The Bertz CT molecular complexity index is 1130. The highest BCUT2D eigenvalue weighted by molar-refractivity contribution is 9.10. The number of fused-ring (bicyclic) bond motifs is 1. The molecule has 26 heavy (non-hydrogen) atoms. The molecule has 0 spiro atoms. The van der Waals surface area contributed by atoms with Crippen LogP contribution in [0.5, 0.6) is 0 Å². The van der Waals surface area contributed by atoms with Crippen molar-refractivity contribution in [3.63, 3.8) is 0 Å². The molecule has 2 aromatic heterocycles. The van der Waals surface area contributed by atoms with Crippen LogP contribution in [0, 0.1) is 0 Å². The van der Waals surface area contributed by atoms with Gasteiger partial charge in [0.05, 0.1) is 10.4 Å². The van der Waals surface area contributed by atoms with Crippen LogP contribution in [0.2, 0.25) is 0 Å². The van der Waals surface area contributed by atoms with Crippen molar-refractivity contribution in [3.05, 3.63) is 63.9 Å². The lowest BCUT2D eigenvalue weighted by atomic mass is 10.1. The SMILES string of the molecule is Nc1nc(Nc2cccc(Br)c2)c2cc(-c3ccc(C=O)s3)ccc2n1. The molecule has 0 aliphatic carbocycles. The Hall–Kier alpha value is -2.77. The van der Waals surface area contributed by atoms with Gasteiger partial charge in [-0.15, -0.1) is 11.3 Å². The van der Waals surface area contributed by atoms with E-state index in [1.165, 1.54) is 11.3 Å². The van der Waals surface area contributed by atoms with Crippen LogP contribution in [0.1, 0.15) is 9.67 Å². The summed E-state index contributed by atoms with van der Waals surface area (Å²) in [6, 6.07) is 17.5. The molecule has 0 fully saturated rings. The van der Waals surface area contributed by atoms with Gasteiger partial charge in [0.15, 0.2) is 6.29 Å². The molecule has 0 saturated heterocycles. The zero-order valence-electron chi connectivity index (χ0n) is 13.4. The van der Waals surface area contributed by atoms with Gasteiger partial charge in [-0.1, -0.05) is 28.1 Å². The highest BCUT2D eigenvalue weighted by Gasteiger charge is 2.10. The molecular formula is C19H13BrN4OS. The first-order valence-corrected chi connectivity index (χ1v) is 9.38. The van der Waals surface area contributed by atoms with E-state index in [9.17, 15) is 4.79 Å². The van der Waals surface area contributed by atoms with Crippen LogP contribution < -0.4 is 11.1 Å². The highest BCUT2D eigenvalue weighted by atomic mass is 79.9. The first kappa shape index (κ1) is 16.7. The molecule has 128 valence electrons. The zero-order valence-corrected chi connectivity index (χ0v) is 15.8. The number of carbonyl (C=O) groups is 1. The summed E-state index contributed by atoms with van der Waals surface area (Å²) in [5.41, 5.74) is 8.52. The van der Waals surface area contributed by atoms with E-state index in [-0.39, 0.29) is 5.95 Å². The largest absolute Gasteiger partial charge is 0.368 e. The Morgan fingerprint density at radius 3 is 2.73 bits per heavy atom. The van der Waals surface area contributed by atoms with Crippen molar-refractivity contribution in [3.8, 4) is 10.4 Å². The van der Waals surface area contributed by atoms with Gasteiger partial charge in [-0.2, -0.15) is 4.98 Å². The van der Waals surface area contributed by atoms with Crippen molar-refractivity contribution in [2.24, 2.45) is 0 Å². The van der Waals surface area contributed by atoms with Gasteiger partial charge in [0.25, 0.3) is 0 Å². The second kappa shape index (κ2) is 6.86. The summed E-state index contributed by atoms with van der Waals surface area (Å²) in [4.78, 5) is 21.3. The second-order valence-electron chi connectivity index (χ2n) is 5.62. The third-order valence-electron chi connectivity index (χ3n) is 3.83. The highest BCUT2D eigenvalue weighted by Crippen LogP contribution is 2.33. The Labute approximate surface area is 162 Å².